The number of hydrazine groups is 1. The molecule has 2 amide bonds. The van der Waals surface area contributed by atoms with Crippen LogP contribution in [-0.4, -0.2) is 24.8 Å². The van der Waals surface area contributed by atoms with Crippen molar-refractivity contribution in [2.24, 2.45) is 10.9 Å². The van der Waals surface area contributed by atoms with Crippen LogP contribution in [0.4, 0.5) is 4.79 Å². The molecule has 0 radical (unpaired) electrons. The minimum atomic E-state index is -4.14. The molecule has 0 saturated heterocycles. The van der Waals surface area contributed by atoms with Gasteiger partial charge in [0.15, 0.2) is 0 Å². The van der Waals surface area contributed by atoms with Gasteiger partial charge in [-0.1, -0.05) is 4.83 Å². The van der Waals surface area contributed by atoms with Gasteiger partial charge in [-0.3, -0.25) is 5.21 Å². The zero-order valence-electron chi connectivity index (χ0n) is 4.68. The molecule has 0 spiro atoms. The third kappa shape index (κ3) is 4.03. The summed E-state index contributed by atoms with van der Waals surface area (Å²) in [5.41, 5.74) is 4.40. The van der Waals surface area contributed by atoms with Gasteiger partial charge in [0.1, 0.15) is 0 Å². The molecule has 8 nitrogen and oxygen atoms in total. The predicted octanol–water partition coefficient (Wildman–Crippen LogP) is -2.54. The highest BCUT2D eigenvalue weighted by Gasteiger charge is 2.10. The predicted molar refractivity (Wildman–Crippen MR) is 29.5 cm³/mol. The number of hydrogen-bond donors (Lipinski definition) is 4. The van der Waals surface area contributed by atoms with Crippen molar-refractivity contribution in [1.82, 2.24) is 10.0 Å². The Hall–Kier alpha value is -0.900. The van der Waals surface area contributed by atoms with Crippen LogP contribution in [0.25, 0.3) is 0 Å². The quantitative estimate of drug-likeness (QED) is 0.268. The van der Waals surface area contributed by atoms with Crippen molar-refractivity contribution in [2.45, 2.75) is 0 Å². The summed E-state index contributed by atoms with van der Waals surface area (Å²) in [4.78, 5) is 11.1. The molecule has 0 aromatic rings. The molecule has 6 N–H and O–H groups in total. The third-order valence-corrected chi connectivity index (χ3v) is 0.850. The third-order valence-electron chi connectivity index (χ3n) is 0.422. The van der Waals surface area contributed by atoms with E-state index in [-0.39, 0.29) is 0 Å². The average Bonchev–Trinajstić information content (AvgIpc) is 1.60. The first-order valence-electron chi connectivity index (χ1n) is 1.91. The van der Waals surface area contributed by atoms with Crippen molar-refractivity contribution in [3.8, 4) is 0 Å². The fraction of sp³-hybridized carbons (Fsp3) is 0. The van der Waals surface area contributed by atoms with Gasteiger partial charge in [0.25, 0.3) is 10.2 Å². The number of nitrogens with one attached hydrogen (secondary N) is 1. The molecule has 60 valence electrons. The number of nitrogens with zero attached hydrogens (tertiary/aromatic N) is 1. The van der Waals surface area contributed by atoms with Gasteiger partial charge in [0.2, 0.25) is 0 Å². The van der Waals surface area contributed by atoms with E-state index in [9.17, 15) is 13.2 Å². The second kappa shape index (κ2) is 2.79. The molecule has 0 fully saturated rings. The van der Waals surface area contributed by atoms with Crippen LogP contribution in [0.3, 0.4) is 0 Å². The van der Waals surface area contributed by atoms with Gasteiger partial charge < -0.3 is 5.73 Å². The van der Waals surface area contributed by atoms with Crippen LogP contribution in [0.15, 0.2) is 0 Å². The number of nitrogens with two attached hydrogens (primary N) is 2. The van der Waals surface area contributed by atoms with E-state index >= 15 is 0 Å². The Morgan fingerprint density at radius 1 is 1.60 bits per heavy atom. The lowest BCUT2D eigenvalue weighted by molar-refractivity contribution is -0.0600. The molecule has 0 unspecified atom stereocenters. The van der Waals surface area contributed by atoms with Crippen molar-refractivity contribution < 1.29 is 18.4 Å². The smallest absolute Gasteiger partial charge is 0.349 e. The molecule has 0 rings (SSSR count). The van der Waals surface area contributed by atoms with Crippen LogP contribution >= 0.6 is 0 Å². The van der Waals surface area contributed by atoms with E-state index in [1.807, 2.05) is 0 Å². The van der Waals surface area contributed by atoms with Gasteiger partial charge in [-0.05, 0) is 0 Å². The second-order valence-electron chi connectivity index (χ2n) is 1.29. The summed E-state index contributed by atoms with van der Waals surface area (Å²) in [6.45, 7) is 0. The fourth-order valence-electron chi connectivity index (χ4n) is 0.166. The summed E-state index contributed by atoms with van der Waals surface area (Å²) in [7, 11) is -4.14. The minimum Gasteiger partial charge on any atom is -0.349 e. The zero-order valence-corrected chi connectivity index (χ0v) is 5.50. The van der Waals surface area contributed by atoms with Gasteiger partial charge in [-0.15, -0.1) is 5.17 Å². The molecule has 0 bridgehead atoms. The second-order valence-corrected chi connectivity index (χ2v) is 2.56. The summed E-state index contributed by atoms with van der Waals surface area (Å²) in [6.07, 6.45) is 0. The fourth-order valence-corrected chi connectivity index (χ4v) is 0.497. The Morgan fingerprint density at radius 2 is 2.00 bits per heavy atom. The molecule has 0 aliphatic heterocycles. The highest BCUT2D eigenvalue weighted by Crippen LogP contribution is 1.74. The van der Waals surface area contributed by atoms with Crippen molar-refractivity contribution >= 4 is 16.2 Å². The maximum absolute atomic E-state index is 10.0. The van der Waals surface area contributed by atoms with Crippen LogP contribution in [0.2, 0.25) is 0 Å². The van der Waals surface area contributed by atoms with Gasteiger partial charge in [0, 0.05) is 0 Å². The van der Waals surface area contributed by atoms with E-state index < -0.39 is 21.4 Å². The number of rotatable bonds is 2. The van der Waals surface area contributed by atoms with Crippen LogP contribution in [0.1, 0.15) is 0 Å². The maximum Gasteiger partial charge on any atom is 0.354 e. The summed E-state index contributed by atoms with van der Waals surface area (Å²) in [5, 5.41) is 12.1. The minimum absolute atomic E-state index is 0.449. The van der Waals surface area contributed by atoms with E-state index in [4.69, 9.17) is 5.21 Å². The zero-order chi connectivity index (χ0) is 8.36. The van der Waals surface area contributed by atoms with E-state index in [0.29, 0.717) is 0 Å². The number of primary amides is 1. The summed E-state index contributed by atoms with van der Waals surface area (Å²) in [5.74, 6) is 0. The number of urea groups is 1. The number of carbonyl (C=O) groups excluding carboxylic acids is 1. The Balaban J connectivity index is 4.06. The van der Waals surface area contributed by atoms with Crippen LogP contribution in [0, 0.1) is 0 Å². The SMILES string of the molecule is NC(=O)N(O)NS(N)(=O)=O. The van der Waals surface area contributed by atoms with Gasteiger partial charge in [-0.25, -0.2) is 9.93 Å². The Morgan fingerprint density at radius 3 is 2.10 bits per heavy atom. The van der Waals surface area contributed by atoms with Crippen molar-refractivity contribution in [3.05, 3.63) is 0 Å². The average molecular weight is 170 g/mol. The van der Waals surface area contributed by atoms with Gasteiger partial charge in [0.05, 0.1) is 0 Å². The van der Waals surface area contributed by atoms with Gasteiger partial charge in [-0.2, -0.15) is 8.42 Å². The first kappa shape index (κ1) is 9.10. The number of amides is 2. The lowest BCUT2D eigenvalue weighted by atomic mass is 11.1. The molecular weight excluding hydrogens is 164 g/mol. The molecule has 0 heterocycles. The van der Waals surface area contributed by atoms with Crippen molar-refractivity contribution in [3.63, 3.8) is 0 Å². The van der Waals surface area contributed by atoms with E-state index in [2.05, 4.69) is 10.9 Å². The summed E-state index contributed by atoms with van der Waals surface area (Å²) in [6, 6.07) is -1.38. The Labute approximate surface area is 56.5 Å². The van der Waals surface area contributed by atoms with Crippen LogP contribution in [-0.2, 0) is 10.2 Å². The molecular formula is CH6N4O4S. The number of hydroxylamine groups is 1. The summed E-state index contributed by atoms with van der Waals surface area (Å²) < 4.78 is 20.0. The van der Waals surface area contributed by atoms with Crippen LogP contribution in [0.5, 0.6) is 0 Å². The summed E-state index contributed by atoms with van der Waals surface area (Å²) >= 11 is 0. The molecule has 0 atom stereocenters. The highest BCUT2D eigenvalue weighted by atomic mass is 32.2. The van der Waals surface area contributed by atoms with Crippen LogP contribution < -0.4 is 15.7 Å². The molecule has 0 aromatic heterocycles. The lowest BCUT2D eigenvalue weighted by Gasteiger charge is -2.09. The molecule has 0 saturated carbocycles. The first-order valence-corrected chi connectivity index (χ1v) is 3.46. The monoisotopic (exact) mass is 170 g/mol. The molecule has 0 aliphatic carbocycles. The maximum atomic E-state index is 10.0. The highest BCUT2D eigenvalue weighted by molar-refractivity contribution is 7.87. The normalized spacial score (nSPS) is 11.0. The number of carbonyl (C=O) groups is 1. The largest absolute Gasteiger partial charge is 0.354 e. The molecule has 9 heteroatoms. The van der Waals surface area contributed by atoms with E-state index in [1.165, 1.54) is 4.83 Å². The molecule has 0 aromatic carbocycles. The number of hydrogen-bond acceptors (Lipinski definition) is 4. The van der Waals surface area contributed by atoms with E-state index in [1.54, 1.807) is 0 Å². The molecule has 0 aliphatic rings. The molecule has 10 heavy (non-hydrogen) atoms. The van der Waals surface area contributed by atoms with Crippen molar-refractivity contribution in [1.29, 1.82) is 0 Å². The van der Waals surface area contributed by atoms with Crippen molar-refractivity contribution in [2.75, 3.05) is 0 Å². The lowest BCUT2D eigenvalue weighted by Crippen LogP contribution is -2.48. The Bertz CT molecular complexity index is 219. The Kier molecular flexibility index (Phi) is 2.54. The topological polar surface area (TPSA) is 139 Å². The standard InChI is InChI=1S/CH6N4O4S/c2-1(6)5(7)4-10(3,8)9/h4,7H,(H2,2,6)(H2,3,8,9). The van der Waals surface area contributed by atoms with E-state index in [0.717, 1.165) is 0 Å². The van der Waals surface area contributed by atoms with Gasteiger partial charge >= 0.3 is 6.03 Å². The first-order chi connectivity index (χ1) is 4.33.